The highest BCUT2D eigenvalue weighted by Gasteiger charge is 2.24. The summed E-state index contributed by atoms with van der Waals surface area (Å²) in [6, 6.07) is 7.30. The number of carbonyl (C=O) groups is 2. The number of benzene rings is 1. The lowest BCUT2D eigenvalue weighted by atomic mass is 10.0. The van der Waals surface area contributed by atoms with Crippen molar-refractivity contribution < 1.29 is 19.1 Å². The molecule has 1 aromatic carbocycles. The maximum absolute atomic E-state index is 12.1. The average molecular weight is 287 g/mol. The van der Waals surface area contributed by atoms with Crippen LogP contribution in [0.5, 0.6) is 0 Å². The Morgan fingerprint density at radius 2 is 1.81 bits per heavy atom. The predicted octanol–water partition coefficient (Wildman–Crippen LogP) is 2.92. The first kappa shape index (κ1) is 14.8. The lowest BCUT2D eigenvalue weighted by Gasteiger charge is -2.07. The quantitative estimate of drug-likeness (QED) is 0.678. The van der Waals surface area contributed by atoms with Crippen molar-refractivity contribution in [1.29, 1.82) is 0 Å². The van der Waals surface area contributed by atoms with E-state index in [9.17, 15) is 9.59 Å². The Morgan fingerprint density at radius 3 is 2.48 bits per heavy atom. The van der Waals surface area contributed by atoms with Gasteiger partial charge in [0.1, 0.15) is 5.69 Å². The van der Waals surface area contributed by atoms with Crippen molar-refractivity contribution in [2.75, 3.05) is 13.2 Å². The minimum atomic E-state index is -0.548. The number of carbonyl (C=O) groups excluding carboxylic acids is 2. The molecule has 1 aromatic heterocycles. The average Bonchev–Trinajstić information content (AvgIpc) is 2.86. The van der Waals surface area contributed by atoms with E-state index in [0.717, 1.165) is 10.9 Å². The van der Waals surface area contributed by atoms with Crippen LogP contribution in [0.4, 0.5) is 0 Å². The lowest BCUT2D eigenvalue weighted by Crippen LogP contribution is -2.11. The molecule has 0 unspecified atom stereocenters. The molecule has 0 bridgehead atoms. The molecule has 0 aliphatic rings. The second-order valence-electron chi connectivity index (χ2n) is 4.34. The first-order valence-corrected chi connectivity index (χ1v) is 6.74. The molecule has 0 spiro atoms. The fourth-order valence-corrected chi connectivity index (χ4v) is 2.13. The number of rotatable bonds is 5. The van der Waals surface area contributed by atoms with E-state index in [4.69, 9.17) is 9.47 Å². The SMILES string of the molecule is C=C(C(=O)OCC)c1c(C(=O)OCC)[nH]c2ccccc12. The van der Waals surface area contributed by atoms with Crippen LogP contribution in [0.2, 0.25) is 0 Å². The van der Waals surface area contributed by atoms with Crippen LogP contribution in [0.1, 0.15) is 29.9 Å². The topological polar surface area (TPSA) is 68.4 Å². The summed E-state index contributed by atoms with van der Waals surface area (Å²) >= 11 is 0. The smallest absolute Gasteiger partial charge is 0.355 e. The van der Waals surface area contributed by atoms with E-state index in [1.807, 2.05) is 24.3 Å². The highest BCUT2D eigenvalue weighted by atomic mass is 16.5. The first-order valence-electron chi connectivity index (χ1n) is 6.74. The Hall–Kier alpha value is -2.56. The molecule has 0 aliphatic heterocycles. The van der Waals surface area contributed by atoms with Crippen molar-refractivity contribution in [3.05, 3.63) is 42.1 Å². The second kappa shape index (κ2) is 6.26. The molecule has 0 saturated carbocycles. The van der Waals surface area contributed by atoms with Gasteiger partial charge in [0.15, 0.2) is 0 Å². The molecule has 0 amide bonds. The number of ether oxygens (including phenoxy) is 2. The van der Waals surface area contributed by atoms with Crippen LogP contribution >= 0.6 is 0 Å². The highest BCUT2D eigenvalue weighted by molar-refractivity contribution is 6.22. The van der Waals surface area contributed by atoms with Crippen LogP contribution in [0, 0.1) is 0 Å². The normalized spacial score (nSPS) is 10.4. The Balaban J connectivity index is 2.58. The van der Waals surface area contributed by atoms with Crippen LogP contribution in [0.15, 0.2) is 30.8 Å². The molecule has 1 N–H and O–H groups in total. The van der Waals surface area contributed by atoms with Crippen LogP contribution in [0.3, 0.4) is 0 Å². The van der Waals surface area contributed by atoms with Crippen LogP contribution in [-0.4, -0.2) is 30.1 Å². The number of hydrogen-bond donors (Lipinski definition) is 1. The van der Waals surface area contributed by atoms with Crippen LogP contribution in [0.25, 0.3) is 16.5 Å². The van der Waals surface area contributed by atoms with Gasteiger partial charge >= 0.3 is 11.9 Å². The van der Waals surface area contributed by atoms with E-state index >= 15 is 0 Å². The number of aromatic amines is 1. The molecule has 2 aromatic rings. The third-order valence-corrected chi connectivity index (χ3v) is 3.01. The number of fused-ring (bicyclic) bond motifs is 1. The standard InChI is InChI=1S/C16H17NO4/c1-4-20-15(18)10(3)13-11-8-6-7-9-12(11)17-14(13)16(19)21-5-2/h6-9,17H,3-5H2,1-2H3. The van der Waals surface area contributed by atoms with Gasteiger partial charge in [0, 0.05) is 16.5 Å². The molecule has 5 nitrogen and oxygen atoms in total. The molecule has 2 rings (SSSR count). The van der Waals surface area contributed by atoms with Crippen molar-refractivity contribution in [2.45, 2.75) is 13.8 Å². The summed E-state index contributed by atoms with van der Waals surface area (Å²) in [7, 11) is 0. The zero-order chi connectivity index (χ0) is 15.4. The van der Waals surface area contributed by atoms with E-state index < -0.39 is 11.9 Å². The fraction of sp³-hybridized carbons (Fsp3) is 0.250. The van der Waals surface area contributed by atoms with Gasteiger partial charge in [0.05, 0.1) is 18.8 Å². The maximum atomic E-state index is 12.1. The maximum Gasteiger partial charge on any atom is 0.355 e. The molecule has 0 atom stereocenters. The Bertz CT molecular complexity index is 699. The predicted molar refractivity (Wildman–Crippen MR) is 79.9 cm³/mol. The minimum Gasteiger partial charge on any atom is -0.462 e. The lowest BCUT2D eigenvalue weighted by molar-refractivity contribution is -0.136. The minimum absolute atomic E-state index is 0.136. The molecule has 0 fully saturated rings. The first-order chi connectivity index (χ1) is 10.1. The molecule has 1 heterocycles. The van der Waals surface area contributed by atoms with E-state index in [1.54, 1.807) is 13.8 Å². The Labute approximate surface area is 122 Å². The van der Waals surface area contributed by atoms with Gasteiger partial charge in [-0.3, -0.25) is 0 Å². The van der Waals surface area contributed by atoms with E-state index in [2.05, 4.69) is 11.6 Å². The molecular weight excluding hydrogens is 270 g/mol. The van der Waals surface area contributed by atoms with Gasteiger partial charge < -0.3 is 14.5 Å². The Morgan fingerprint density at radius 1 is 1.14 bits per heavy atom. The van der Waals surface area contributed by atoms with Crippen molar-refractivity contribution in [2.24, 2.45) is 0 Å². The number of para-hydroxylation sites is 1. The highest BCUT2D eigenvalue weighted by Crippen LogP contribution is 2.29. The molecular formula is C16H17NO4. The second-order valence-corrected chi connectivity index (χ2v) is 4.34. The van der Waals surface area contributed by atoms with Crippen molar-refractivity contribution in [1.82, 2.24) is 4.98 Å². The van der Waals surface area contributed by atoms with Gasteiger partial charge in [-0.1, -0.05) is 24.8 Å². The fourth-order valence-electron chi connectivity index (χ4n) is 2.13. The summed E-state index contributed by atoms with van der Waals surface area (Å²) in [5.74, 6) is -1.07. The molecule has 0 aliphatic carbocycles. The number of esters is 2. The molecule has 110 valence electrons. The van der Waals surface area contributed by atoms with Crippen molar-refractivity contribution >= 4 is 28.4 Å². The number of hydrogen-bond acceptors (Lipinski definition) is 4. The summed E-state index contributed by atoms with van der Waals surface area (Å²) in [4.78, 5) is 27.0. The van der Waals surface area contributed by atoms with Crippen LogP contribution in [-0.2, 0) is 14.3 Å². The monoisotopic (exact) mass is 287 g/mol. The summed E-state index contributed by atoms with van der Waals surface area (Å²) in [5.41, 5.74) is 1.52. The Kier molecular flexibility index (Phi) is 4.42. The van der Waals surface area contributed by atoms with Gasteiger partial charge in [-0.25, -0.2) is 9.59 Å². The zero-order valence-electron chi connectivity index (χ0n) is 12.1. The summed E-state index contributed by atoms with van der Waals surface area (Å²) in [6.45, 7) is 7.70. The molecule has 0 radical (unpaired) electrons. The van der Waals surface area contributed by atoms with E-state index in [0.29, 0.717) is 5.56 Å². The van der Waals surface area contributed by atoms with Gasteiger partial charge in [-0.2, -0.15) is 0 Å². The van der Waals surface area contributed by atoms with Crippen LogP contribution < -0.4 is 0 Å². The number of aromatic nitrogens is 1. The van der Waals surface area contributed by atoms with Gasteiger partial charge in [-0.15, -0.1) is 0 Å². The molecule has 21 heavy (non-hydrogen) atoms. The summed E-state index contributed by atoms with van der Waals surface area (Å²) < 4.78 is 9.99. The van der Waals surface area contributed by atoms with E-state index in [-0.39, 0.29) is 24.5 Å². The van der Waals surface area contributed by atoms with Crippen molar-refractivity contribution in [3.63, 3.8) is 0 Å². The van der Waals surface area contributed by atoms with Gasteiger partial charge in [0.25, 0.3) is 0 Å². The third-order valence-electron chi connectivity index (χ3n) is 3.01. The summed E-state index contributed by atoms with van der Waals surface area (Å²) in [5, 5.41) is 0.735. The third kappa shape index (κ3) is 2.81. The van der Waals surface area contributed by atoms with Gasteiger partial charge in [-0.05, 0) is 19.9 Å². The number of nitrogens with one attached hydrogen (secondary N) is 1. The summed E-state index contributed by atoms with van der Waals surface area (Å²) in [6.07, 6.45) is 0. The van der Waals surface area contributed by atoms with Crippen molar-refractivity contribution in [3.8, 4) is 0 Å². The van der Waals surface area contributed by atoms with E-state index in [1.165, 1.54) is 0 Å². The largest absolute Gasteiger partial charge is 0.462 e. The van der Waals surface area contributed by atoms with Gasteiger partial charge in [0.2, 0.25) is 0 Å². The molecule has 5 heteroatoms. The zero-order valence-corrected chi connectivity index (χ0v) is 12.1. The molecule has 0 saturated heterocycles. The number of H-pyrrole nitrogens is 1.